The van der Waals surface area contributed by atoms with Crippen LogP contribution in [0.1, 0.15) is 54.3 Å². The molecule has 4 aromatic heterocycles. The number of aryl methyl sites for hydroxylation is 5. The second kappa shape index (κ2) is 15.7. The molecule has 6 aromatic carbocycles. The molecule has 6 heteroatoms. The number of aromatic nitrogens is 4. The van der Waals surface area contributed by atoms with E-state index in [9.17, 15) is 0 Å². The second-order valence-electron chi connectivity index (χ2n) is 18.0. The zero-order valence-corrected chi connectivity index (χ0v) is 38.3. The third kappa shape index (κ3) is 7.29. The molecule has 63 heavy (non-hydrogen) atoms. The summed E-state index contributed by atoms with van der Waals surface area (Å²) in [7, 11) is 0. The van der Waals surface area contributed by atoms with Gasteiger partial charge in [0.05, 0.1) is 0 Å². The number of ether oxygens (including phenoxy) is 1. The van der Waals surface area contributed by atoms with Crippen LogP contribution in [0.15, 0.2) is 170 Å². The van der Waals surface area contributed by atoms with Crippen molar-refractivity contribution in [1.82, 2.24) is 18.5 Å². The maximum absolute atomic E-state index is 6.79. The summed E-state index contributed by atoms with van der Waals surface area (Å²) in [6.07, 6.45) is 8.33. The molecule has 2 aliphatic heterocycles. The van der Waals surface area contributed by atoms with Gasteiger partial charge >= 0.3 is 248 Å². The Morgan fingerprint density at radius 1 is 0.587 bits per heavy atom. The van der Waals surface area contributed by atoms with Crippen LogP contribution in [0.2, 0.25) is 0 Å². The molecule has 0 radical (unpaired) electrons. The predicted octanol–water partition coefficient (Wildman–Crippen LogP) is 13.9. The number of rotatable bonds is 6. The van der Waals surface area contributed by atoms with Crippen LogP contribution in [0.4, 0.5) is 0 Å². The summed E-state index contributed by atoms with van der Waals surface area (Å²) in [5, 5.41) is 2.32. The van der Waals surface area contributed by atoms with Crippen molar-refractivity contribution < 1.29 is 24.1 Å². The van der Waals surface area contributed by atoms with Crippen molar-refractivity contribution in [2.75, 3.05) is 0 Å². The molecular formula is C57H48N4OPt. The molecule has 0 spiro atoms. The van der Waals surface area contributed by atoms with Gasteiger partial charge in [0, 0.05) is 11.8 Å². The number of imidazole rings is 1. The summed E-state index contributed by atoms with van der Waals surface area (Å²) in [6, 6.07) is 57.3. The van der Waals surface area contributed by atoms with Crippen LogP contribution in [0.5, 0.6) is 11.5 Å². The number of hydrogen-bond acceptors (Lipinski definition) is 2. The van der Waals surface area contributed by atoms with Gasteiger partial charge in [0.25, 0.3) is 0 Å². The Hall–Kier alpha value is -6.55. The predicted molar refractivity (Wildman–Crippen MR) is 254 cm³/mol. The van der Waals surface area contributed by atoms with Gasteiger partial charge in [-0.1, -0.05) is 81.4 Å². The summed E-state index contributed by atoms with van der Waals surface area (Å²) < 4.78 is 15.0. The third-order valence-corrected chi connectivity index (χ3v) is 13.9. The van der Waals surface area contributed by atoms with Gasteiger partial charge in [-0.15, -0.1) is 0 Å². The van der Waals surface area contributed by atoms with E-state index in [0.29, 0.717) is 0 Å². The van der Waals surface area contributed by atoms with Gasteiger partial charge in [-0.05, 0) is 40.2 Å². The standard InChI is InChI=1S/C57H48N4O.Pt/c1-38-31-56(58-35-52(38)42-20-24-45(25-21-42)57(2,3)4)61-53-30-23-44(41-9-6-5-7-10-41)32-51(53)50-29-28-49(34-54(50)61)62-48-12-8-11-47(33-48)59-36-55-43-19-17-39-13-15-40(16-14-39)18-26-46(27-22-43)60(55)37-59;/h5-16,20-25,27-36H,17-19,26H2,1-4H3;. The van der Waals surface area contributed by atoms with Gasteiger partial charge in [-0.3, -0.25) is 0 Å². The van der Waals surface area contributed by atoms with Gasteiger partial charge in [-0.2, -0.15) is 0 Å². The Kier molecular flexibility index (Phi) is 9.77. The van der Waals surface area contributed by atoms with Crippen molar-refractivity contribution in [3.05, 3.63) is 207 Å². The topological polar surface area (TPSA) is 36.4 Å². The zero-order chi connectivity index (χ0) is 42.8. The van der Waals surface area contributed by atoms with E-state index < -0.39 is 0 Å². The van der Waals surface area contributed by atoms with E-state index in [2.05, 4.69) is 218 Å². The van der Waals surface area contributed by atoms with E-state index in [1.165, 1.54) is 61.1 Å². The van der Waals surface area contributed by atoms with E-state index in [0.717, 1.165) is 74.5 Å². The van der Waals surface area contributed by atoms with Crippen LogP contribution in [0.3, 0.4) is 0 Å². The first kappa shape index (κ1) is 39.3. The van der Waals surface area contributed by atoms with Gasteiger partial charge in [-0.25, -0.2) is 0 Å². The Bertz CT molecular complexity index is 3420. The normalized spacial score (nSPS) is 12.9. The molecular weight excluding hydrogens is 952 g/mol. The average Bonchev–Trinajstić information content (AvgIpc) is 3.81. The molecule has 0 atom stereocenters. The van der Waals surface area contributed by atoms with Crippen LogP contribution in [0.25, 0.3) is 61.1 Å². The van der Waals surface area contributed by atoms with Gasteiger partial charge < -0.3 is 0 Å². The molecule has 0 N–H and O–H groups in total. The van der Waals surface area contributed by atoms with Crippen LogP contribution >= 0.6 is 0 Å². The number of pyridine rings is 2. The Morgan fingerprint density at radius 2 is 1.33 bits per heavy atom. The number of benzene rings is 6. The minimum atomic E-state index is 0.0980. The fourth-order valence-corrected chi connectivity index (χ4v) is 10.4. The first-order valence-electron chi connectivity index (χ1n) is 21.9. The zero-order valence-electron chi connectivity index (χ0n) is 36.0. The molecule has 14 rings (SSSR count). The quantitative estimate of drug-likeness (QED) is 0.166. The molecule has 0 unspecified atom stereocenters. The monoisotopic (exact) mass is 999 g/mol. The number of hydrogen-bond donors (Lipinski definition) is 0. The van der Waals surface area contributed by atoms with E-state index >= 15 is 0 Å². The molecule has 5 nitrogen and oxygen atoms in total. The van der Waals surface area contributed by atoms with E-state index in [1.807, 2.05) is 12.3 Å². The molecule has 4 bridgehead atoms. The number of nitrogens with zero attached hydrogens (tertiary/aromatic N) is 4. The average molecular weight is 1000 g/mol. The van der Waals surface area contributed by atoms with Crippen LogP contribution in [0, 0.1) is 10.7 Å². The summed E-state index contributed by atoms with van der Waals surface area (Å²) in [5.74, 6) is 2.42. The maximum atomic E-state index is 6.79. The van der Waals surface area contributed by atoms with Crippen molar-refractivity contribution in [2.24, 2.45) is 0 Å². The van der Waals surface area contributed by atoms with Gasteiger partial charge in [0.15, 0.2) is 0 Å². The first-order chi connectivity index (χ1) is 30.6. The molecule has 0 saturated heterocycles. The van der Waals surface area contributed by atoms with Crippen LogP contribution in [-0.4, -0.2) is 18.5 Å². The van der Waals surface area contributed by atoms with E-state index in [1.54, 1.807) is 0 Å². The van der Waals surface area contributed by atoms with Gasteiger partial charge in [0.2, 0.25) is 0 Å². The summed E-state index contributed by atoms with van der Waals surface area (Å²) in [5.41, 5.74) is 17.2. The van der Waals surface area contributed by atoms with Crippen molar-refractivity contribution >= 4 is 27.3 Å². The molecule has 6 heterocycles. The Morgan fingerprint density at radius 3 is 2.10 bits per heavy atom. The molecule has 10 aromatic rings. The minimum absolute atomic E-state index is 0.0980. The van der Waals surface area contributed by atoms with Crippen molar-refractivity contribution in [3.63, 3.8) is 0 Å². The smallest absolute Gasteiger partial charge is 0.0579 e. The fraction of sp³-hybridized carbons (Fsp3) is 0.158. The Labute approximate surface area is 379 Å². The van der Waals surface area contributed by atoms with Crippen LogP contribution < -0.4 is 4.74 Å². The summed E-state index contributed by atoms with van der Waals surface area (Å²) in [4.78, 5) is 5.16. The third-order valence-electron chi connectivity index (χ3n) is 12.9. The van der Waals surface area contributed by atoms with E-state index in [4.69, 9.17) is 9.72 Å². The second-order valence-corrected chi connectivity index (χ2v) is 19.0. The summed E-state index contributed by atoms with van der Waals surface area (Å²) >= 11 is 2.50. The molecule has 0 amide bonds. The van der Waals surface area contributed by atoms with Crippen molar-refractivity contribution in [2.45, 2.75) is 58.8 Å². The van der Waals surface area contributed by atoms with E-state index in [-0.39, 0.29) is 5.41 Å². The molecule has 0 saturated carbocycles. The SMILES string of the molecule is Cc1cc(-n2c3ccc(-c4ccccc4)cc3c3ccc(Oc4cccc(-n5cc6c7ccc(n6[c]5=[Pt])CCc5ccc(cc5)CC7)c4)cc32)ncc1-c1ccc(C(C)(C)C)cc1. The summed E-state index contributed by atoms with van der Waals surface area (Å²) in [6.45, 7) is 8.94. The Balaban J connectivity index is 0.979. The van der Waals surface area contributed by atoms with Gasteiger partial charge in [0.1, 0.15) is 0 Å². The first-order valence-corrected chi connectivity index (χ1v) is 23.1. The van der Waals surface area contributed by atoms with Crippen molar-refractivity contribution in [1.29, 1.82) is 0 Å². The van der Waals surface area contributed by atoms with Crippen molar-refractivity contribution in [3.8, 4) is 45.3 Å². The molecule has 4 aliphatic rings. The molecule has 0 fully saturated rings. The molecule has 2 aliphatic carbocycles. The minimum Gasteiger partial charge on any atom is -0.0579 e. The molecule has 312 valence electrons. The number of fused-ring (bicyclic) bond motifs is 3. The fourth-order valence-electron chi connectivity index (χ4n) is 9.35. The van der Waals surface area contributed by atoms with Crippen LogP contribution in [-0.2, 0) is 50.5 Å².